The van der Waals surface area contributed by atoms with Gasteiger partial charge in [0.1, 0.15) is 0 Å². The lowest BCUT2D eigenvalue weighted by atomic mass is 10.0. The van der Waals surface area contributed by atoms with E-state index in [0.717, 1.165) is 10.0 Å². The highest BCUT2D eigenvalue weighted by Gasteiger charge is 2.09. The highest BCUT2D eigenvalue weighted by atomic mass is 79.9. The van der Waals surface area contributed by atoms with E-state index in [-0.39, 0.29) is 5.92 Å². The smallest absolute Gasteiger partial charge is 0.0668 e. The van der Waals surface area contributed by atoms with Crippen LogP contribution in [0.2, 0.25) is 5.02 Å². The van der Waals surface area contributed by atoms with Crippen molar-refractivity contribution in [2.75, 3.05) is 5.33 Å². The fourth-order valence-corrected chi connectivity index (χ4v) is 2.08. The standard InChI is InChI=1S/C10H8Br2ClN/c11-5-7(6-14)3-8-4-9(13)1-2-10(8)12/h1-2,4,7H,3,5H2. The number of benzene rings is 1. The van der Waals surface area contributed by atoms with Crippen LogP contribution < -0.4 is 0 Å². The van der Waals surface area contributed by atoms with E-state index in [9.17, 15) is 0 Å². The Hall–Kier alpha value is -0.0400. The van der Waals surface area contributed by atoms with Gasteiger partial charge in [0, 0.05) is 14.8 Å². The average Bonchev–Trinajstić information content (AvgIpc) is 2.19. The molecule has 14 heavy (non-hydrogen) atoms. The number of rotatable bonds is 3. The lowest BCUT2D eigenvalue weighted by Crippen LogP contribution is -2.03. The normalized spacial score (nSPS) is 12.1. The highest BCUT2D eigenvalue weighted by molar-refractivity contribution is 9.10. The lowest BCUT2D eigenvalue weighted by Gasteiger charge is -2.07. The van der Waals surface area contributed by atoms with E-state index < -0.39 is 0 Å². The van der Waals surface area contributed by atoms with Crippen LogP contribution in [0.25, 0.3) is 0 Å². The van der Waals surface area contributed by atoms with Gasteiger partial charge in [0.2, 0.25) is 0 Å². The molecule has 1 atom stereocenters. The molecule has 4 heteroatoms. The summed E-state index contributed by atoms with van der Waals surface area (Å²) in [5, 5.41) is 10.2. The first kappa shape index (κ1) is 12.0. The van der Waals surface area contributed by atoms with Gasteiger partial charge >= 0.3 is 0 Å². The Balaban J connectivity index is 2.86. The molecule has 0 aliphatic heterocycles. The minimum atomic E-state index is -0.00948. The van der Waals surface area contributed by atoms with Crippen LogP contribution in [0, 0.1) is 17.2 Å². The van der Waals surface area contributed by atoms with Crippen molar-refractivity contribution in [3.8, 4) is 6.07 Å². The molecule has 0 aliphatic rings. The summed E-state index contributed by atoms with van der Waals surface area (Å²) in [7, 11) is 0. The van der Waals surface area contributed by atoms with Crippen LogP contribution in [0.15, 0.2) is 22.7 Å². The van der Waals surface area contributed by atoms with Crippen molar-refractivity contribution >= 4 is 43.5 Å². The molecule has 1 unspecified atom stereocenters. The maximum Gasteiger partial charge on any atom is 0.0668 e. The molecule has 1 aromatic carbocycles. The number of nitrogens with zero attached hydrogens (tertiary/aromatic N) is 1. The zero-order chi connectivity index (χ0) is 10.6. The summed E-state index contributed by atoms with van der Waals surface area (Å²) in [5.41, 5.74) is 1.07. The summed E-state index contributed by atoms with van der Waals surface area (Å²) >= 11 is 12.6. The van der Waals surface area contributed by atoms with Crippen molar-refractivity contribution in [3.05, 3.63) is 33.3 Å². The van der Waals surface area contributed by atoms with E-state index >= 15 is 0 Å². The number of halogens is 3. The van der Waals surface area contributed by atoms with Gasteiger partial charge in [0.15, 0.2) is 0 Å². The first-order chi connectivity index (χ1) is 6.67. The van der Waals surface area contributed by atoms with Gasteiger partial charge in [0.25, 0.3) is 0 Å². The third kappa shape index (κ3) is 3.27. The van der Waals surface area contributed by atoms with Crippen LogP contribution in [0.1, 0.15) is 5.56 Å². The second-order valence-corrected chi connectivity index (χ2v) is 4.86. The van der Waals surface area contributed by atoms with Crippen LogP contribution >= 0.6 is 43.5 Å². The first-order valence-electron chi connectivity index (χ1n) is 4.07. The Bertz CT molecular complexity index is 360. The van der Waals surface area contributed by atoms with Crippen molar-refractivity contribution in [1.82, 2.24) is 0 Å². The molecule has 0 aliphatic carbocycles. The van der Waals surface area contributed by atoms with Crippen molar-refractivity contribution in [2.45, 2.75) is 6.42 Å². The minimum Gasteiger partial charge on any atom is -0.198 e. The van der Waals surface area contributed by atoms with E-state index in [1.54, 1.807) is 0 Å². The maximum atomic E-state index is 8.82. The van der Waals surface area contributed by atoms with Crippen molar-refractivity contribution < 1.29 is 0 Å². The Kier molecular flexibility index (Phi) is 4.94. The van der Waals surface area contributed by atoms with Crippen LogP contribution in [-0.2, 0) is 6.42 Å². The molecule has 0 heterocycles. The molecular weight excluding hydrogens is 329 g/mol. The zero-order valence-corrected chi connectivity index (χ0v) is 11.2. The number of nitriles is 1. The molecule has 0 spiro atoms. The molecule has 0 saturated carbocycles. The summed E-state index contributed by atoms with van der Waals surface area (Å²) in [6.45, 7) is 0. The monoisotopic (exact) mass is 335 g/mol. The molecule has 0 radical (unpaired) electrons. The van der Waals surface area contributed by atoms with Gasteiger partial charge in [-0.1, -0.05) is 43.5 Å². The third-order valence-corrected chi connectivity index (χ3v) is 3.63. The minimum absolute atomic E-state index is 0.00948. The highest BCUT2D eigenvalue weighted by Crippen LogP contribution is 2.24. The average molecular weight is 337 g/mol. The molecule has 0 N–H and O–H groups in total. The number of alkyl halides is 1. The molecule has 0 amide bonds. The van der Waals surface area contributed by atoms with E-state index in [4.69, 9.17) is 16.9 Å². The van der Waals surface area contributed by atoms with E-state index in [2.05, 4.69) is 37.9 Å². The van der Waals surface area contributed by atoms with Crippen LogP contribution in [0.5, 0.6) is 0 Å². The predicted molar refractivity (Wildman–Crippen MR) is 65.8 cm³/mol. The summed E-state index contributed by atoms with van der Waals surface area (Å²) in [6, 6.07) is 7.85. The van der Waals surface area contributed by atoms with E-state index in [0.29, 0.717) is 16.8 Å². The van der Waals surface area contributed by atoms with Gasteiger partial charge in [-0.25, -0.2) is 0 Å². The van der Waals surface area contributed by atoms with Gasteiger partial charge in [0.05, 0.1) is 12.0 Å². The zero-order valence-electron chi connectivity index (χ0n) is 7.30. The first-order valence-corrected chi connectivity index (χ1v) is 6.36. The molecule has 1 nitrogen and oxygen atoms in total. The SMILES string of the molecule is N#CC(CBr)Cc1cc(Cl)ccc1Br. The van der Waals surface area contributed by atoms with Gasteiger partial charge in [-0.3, -0.25) is 0 Å². The summed E-state index contributed by atoms with van der Waals surface area (Å²) in [5.74, 6) is -0.00948. The third-order valence-electron chi connectivity index (χ3n) is 1.84. The largest absolute Gasteiger partial charge is 0.198 e. The molecule has 0 saturated heterocycles. The topological polar surface area (TPSA) is 23.8 Å². The predicted octanol–water partition coefficient (Wildman–Crippen LogP) is 4.18. The Morgan fingerprint density at radius 2 is 2.21 bits per heavy atom. The Labute approximate surface area is 105 Å². The summed E-state index contributed by atoms with van der Waals surface area (Å²) < 4.78 is 1.00. The molecular formula is C10H8Br2ClN. The van der Waals surface area contributed by atoms with Crippen LogP contribution in [0.3, 0.4) is 0 Å². The molecule has 74 valence electrons. The van der Waals surface area contributed by atoms with Crippen LogP contribution in [0.4, 0.5) is 0 Å². The molecule has 0 fully saturated rings. The number of hydrogen-bond donors (Lipinski definition) is 0. The molecule has 0 aromatic heterocycles. The van der Waals surface area contributed by atoms with Crippen molar-refractivity contribution in [2.24, 2.45) is 5.92 Å². The van der Waals surface area contributed by atoms with Crippen molar-refractivity contribution in [1.29, 1.82) is 5.26 Å². The Morgan fingerprint density at radius 1 is 1.50 bits per heavy atom. The van der Waals surface area contributed by atoms with Crippen molar-refractivity contribution in [3.63, 3.8) is 0 Å². The lowest BCUT2D eigenvalue weighted by molar-refractivity contribution is 0.753. The van der Waals surface area contributed by atoms with E-state index in [1.807, 2.05) is 18.2 Å². The molecule has 1 aromatic rings. The summed E-state index contributed by atoms with van der Waals surface area (Å²) in [4.78, 5) is 0. The quantitative estimate of drug-likeness (QED) is 0.759. The van der Waals surface area contributed by atoms with Crippen LogP contribution in [-0.4, -0.2) is 5.33 Å². The fourth-order valence-electron chi connectivity index (χ4n) is 1.10. The molecule has 0 bridgehead atoms. The second-order valence-electron chi connectivity index (χ2n) is 2.92. The molecule has 1 rings (SSSR count). The fraction of sp³-hybridized carbons (Fsp3) is 0.300. The second kappa shape index (κ2) is 5.75. The van der Waals surface area contributed by atoms with Gasteiger partial charge in [-0.2, -0.15) is 5.26 Å². The van der Waals surface area contributed by atoms with E-state index in [1.165, 1.54) is 0 Å². The van der Waals surface area contributed by atoms with Gasteiger partial charge in [-0.15, -0.1) is 0 Å². The summed E-state index contributed by atoms with van der Waals surface area (Å²) in [6.07, 6.45) is 0.711. The van der Waals surface area contributed by atoms with Gasteiger partial charge < -0.3 is 0 Å². The Morgan fingerprint density at radius 3 is 2.79 bits per heavy atom. The number of hydrogen-bond acceptors (Lipinski definition) is 1. The maximum absolute atomic E-state index is 8.82. The van der Waals surface area contributed by atoms with Gasteiger partial charge in [-0.05, 0) is 30.2 Å².